The number of rotatable bonds is 6. The van der Waals surface area contributed by atoms with Crippen LogP contribution in [0.3, 0.4) is 0 Å². The molecule has 3 fully saturated rings. The van der Waals surface area contributed by atoms with Crippen LogP contribution >= 0.6 is 11.6 Å². The summed E-state index contributed by atoms with van der Waals surface area (Å²) >= 11 is 6.31. The van der Waals surface area contributed by atoms with E-state index in [0.717, 1.165) is 74.8 Å². The fraction of sp³-hybridized carbons (Fsp3) is 0.519. The summed E-state index contributed by atoms with van der Waals surface area (Å²) in [4.78, 5) is 25.6. The van der Waals surface area contributed by atoms with E-state index < -0.39 is 11.0 Å². The Morgan fingerprint density at radius 1 is 1.03 bits per heavy atom. The molecule has 1 aromatic carbocycles. The fourth-order valence-corrected chi connectivity index (χ4v) is 6.26. The first-order valence-electron chi connectivity index (χ1n) is 13.7. The largest absolute Gasteiger partial charge is 0.378 e. The van der Waals surface area contributed by atoms with Gasteiger partial charge in [-0.05, 0) is 37.5 Å². The van der Waals surface area contributed by atoms with Gasteiger partial charge in [0.15, 0.2) is 5.65 Å². The molecule has 10 nitrogen and oxygen atoms in total. The number of carbonyl (C=O) groups is 1. The van der Waals surface area contributed by atoms with Gasteiger partial charge in [0.05, 0.1) is 36.2 Å². The lowest BCUT2D eigenvalue weighted by Crippen LogP contribution is -2.40. The Balaban J connectivity index is 1.40. The number of fused-ring (bicyclic) bond motifs is 1. The van der Waals surface area contributed by atoms with Gasteiger partial charge in [0, 0.05) is 56.1 Å². The molecule has 1 amide bonds. The highest BCUT2D eigenvalue weighted by molar-refractivity contribution is 7.85. The minimum Gasteiger partial charge on any atom is -0.378 e. The summed E-state index contributed by atoms with van der Waals surface area (Å²) in [5, 5.41) is 5.54. The molecular formula is C27H34ClN7O3S. The SMILES string of the molecule is CS(=O)Nc1ccc(Cl)cc1C(=O)N1CCCCCC1c1cc2nc(N3CCC3)cc(N3CCOCC3)n2n1. The fourth-order valence-electron chi connectivity index (χ4n) is 5.60. The third-order valence-electron chi connectivity index (χ3n) is 7.75. The number of anilines is 3. The number of benzene rings is 1. The van der Waals surface area contributed by atoms with Crippen LogP contribution in [0.2, 0.25) is 5.02 Å². The Hall–Kier alpha value is -2.89. The number of nitrogens with one attached hydrogen (secondary N) is 1. The highest BCUT2D eigenvalue weighted by Crippen LogP contribution is 2.35. The highest BCUT2D eigenvalue weighted by atomic mass is 35.5. The smallest absolute Gasteiger partial charge is 0.256 e. The Morgan fingerprint density at radius 2 is 1.85 bits per heavy atom. The Labute approximate surface area is 235 Å². The van der Waals surface area contributed by atoms with E-state index in [4.69, 9.17) is 26.4 Å². The second-order valence-electron chi connectivity index (χ2n) is 10.4. The standard InChI is InChI=1S/C27H34ClN7O3S/c1-39(37)31-21-8-7-19(28)16-20(21)27(36)34-11-4-2-3-6-23(34)22-17-25-29-24(32-9-5-10-32)18-26(35(25)30-22)33-12-14-38-15-13-33/h7-8,16-18,23,31H,2-6,9-15H2,1H3. The van der Waals surface area contributed by atoms with E-state index in [9.17, 15) is 9.00 Å². The van der Waals surface area contributed by atoms with E-state index in [1.165, 1.54) is 6.42 Å². The third-order valence-corrected chi connectivity index (χ3v) is 8.49. The van der Waals surface area contributed by atoms with Crippen LogP contribution in [0, 0.1) is 0 Å². The lowest BCUT2D eigenvalue weighted by atomic mass is 10.0. The van der Waals surface area contributed by atoms with Crippen LogP contribution in [-0.2, 0) is 15.7 Å². The summed E-state index contributed by atoms with van der Waals surface area (Å²) < 4.78 is 22.4. The van der Waals surface area contributed by atoms with E-state index >= 15 is 0 Å². The zero-order chi connectivity index (χ0) is 26.9. The van der Waals surface area contributed by atoms with Gasteiger partial charge in [0.2, 0.25) is 0 Å². The Kier molecular flexibility index (Phi) is 7.64. The molecule has 0 radical (unpaired) electrons. The van der Waals surface area contributed by atoms with Gasteiger partial charge < -0.3 is 24.2 Å². The van der Waals surface area contributed by atoms with Gasteiger partial charge in [-0.15, -0.1) is 0 Å². The summed E-state index contributed by atoms with van der Waals surface area (Å²) in [6, 6.07) is 9.04. The molecule has 2 unspecified atom stereocenters. The van der Waals surface area contributed by atoms with Crippen molar-refractivity contribution in [1.29, 1.82) is 0 Å². The van der Waals surface area contributed by atoms with Crippen LogP contribution in [-0.4, -0.2) is 81.8 Å². The molecule has 12 heteroatoms. The van der Waals surface area contributed by atoms with Gasteiger partial charge in [0.25, 0.3) is 5.91 Å². The van der Waals surface area contributed by atoms with Gasteiger partial charge in [-0.1, -0.05) is 24.4 Å². The van der Waals surface area contributed by atoms with E-state index in [2.05, 4.69) is 20.6 Å². The molecule has 3 aliphatic heterocycles. The normalized spacial score (nSPS) is 21.0. The second-order valence-corrected chi connectivity index (χ2v) is 11.9. The van der Waals surface area contributed by atoms with E-state index in [0.29, 0.717) is 36.0 Å². The number of ether oxygens (including phenoxy) is 1. The zero-order valence-electron chi connectivity index (χ0n) is 22.1. The lowest BCUT2D eigenvalue weighted by molar-refractivity contribution is 0.0678. The quantitative estimate of drug-likeness (QED) is 0.479. The van der Waals surface area contributed by atoms with Crippen molar-refractivity contribution in [3.05, 3.63) is 46.6 Å². The van der Waals surface area contributed by atoms with Crippen molar-refractivity contribution >= 4 is 51.5 Å². The summed E-state index contributed by atoms with van der Waals surface area (Å²) in [7, 11) is -1.33. The van der Waals surface area contributed by atoms with Crippen LogP contribution in [0.4, 0.5) is 17.3 Å². The average Bonchev–Trinajstić information content (AvgIpc) is 3.17. The predicted molar refractivity (Wildman–Crippen MR) is 154 cm³/mol. The van der Waals surface area contributed by atoms with Gasteiger partial charge in [-0.3, -0.25) is 4.79 Å². The molecule has 3 saturated heterocycles. The number of morpholine rings is 1. The maximum Gasteiger partial charge on any atom is 0.256 e. The molecule has 0 bridgehead atoms. The van der Waals surface area contributed by atoms with E-state index in [1.807, 2.05) is 15.5 Å². The van der Waals surface area contributed by atoms with Gasteiger partial charge in [-0.25, -0.2) is 9.19 Å². The molecule has 5 heterocycles. The average molecular weight is 572 g/mol. The summed E-state index contributed by atoms with van der Waals surface area (Å²) in [6.45, 7) is 5.59. The molecule has 3 aromatic rings. The molecule has 2 atom stereocenters. The van der Waals surface area contributed by atoms with Crippen molar-refractivity contribution in [2.75, 3.05) is 66.7 Å². The number of carbonyl (C=O) groups excluding carboxylic acids is 1. The van der Waals surface area contributed by atoms with Crippen molar-refractivity contribution in [3.8, 4) is 0 Å². The van der Waals surface area contributed by atoms with Crippen molar-refractivity contribution in [2.45, 2.75) is 38.1 Å². The maximum absolute atomic E-state index is 14.1. The first-order chi connectivity index (χ1) is 19.0. The molecule has 3 aliphatic rings. The van der Waals surface area contributed by atoms with Crippen LogP contribution in [0.1, 0.15) is 54.2 Å². The summed E-state index contributed by atoms with van der Waals surface area (Å²) in [6.07, 6.45) is 6.49. The number of amides is 1. The van der Waals surface area contributed by atoms with E-state index in [-0.39, 0.29) is 11.9 Å². The van der Waals surface area contributed by atoms with Crippen LogP contribution < -0.4 is 14.5 Å². The van der Waals surface area contributed by atoms with Crippen LogP contribution in [0.5, 0.6) is 0 Å². The van der Waals surface area contributed by atoms with Gasteiger partial charge in [-0.2, -0.15) is 9.61 Å². The number of aromatic nitrogens is 3. The lowest BCUT2D eigenvalue weighted by Gasteiger charge is -2.34. The molecule has 2 aromatic heterocycles. The number of hydrogen-bond acceptors (Lipinski definition) is 7. The Morgan fingerprint density at radius 3 is 2.59 bits per heavy atom. The summed E-state index contributed by atoms with van der Waals surface area (Å²) in [5.41, 5.74) is 2.56. The molecule has 0 aliphatic carbocycles. The van der Waals surface area contributed by atoms with Crippen molar-refractivity contribution in [2.24, 2.45) is 0 Å². The molecule has 39 heavy (non-hydrogen) atoms. The monoisotopic (exact) mass is 571 g/mol. The van der Waals surface area contributed by atoms with Crippen molar-refractivity contribution in [3.63, 3.8) is 0 Å². The first-order valence-corrected chi connectivity index (χ1v) is 15.6. The van der Waals surface area contributed by atoms with Crippen molar-refractivity contribution < 1.29 is 13.7 Å². The predicted octanol–water partition coefficient (Wildman–Crippen LogP) is 3.89. The van der Waals surface area contributed by atoms with Crippen LogP contribution in [0.25, 0.3) is 5.65 Å². The minimum absolute atomic E-state index is 0.142. The topological polar surface area (TPSA) is 95.3 Å². The molecule has 6 rings (SSSR count). The molecule has 208 valence electrons. The number of likely N-dealkylation sites (tertiary alicyclic amines) is 1. The molecule has 1 N–H and O–H groups in total. The van der Waals surface area contributed by atoms with E-state index in [1.54, 1.807) is 24.5 Å². The first kappa shape index (κ1) is 26.3. The van der Waals surface area contributed by atoms with Crippen molar-refractivity contribution in [1.82, 2.24) is 19.5 Å². The van der Waals surface area contributed by atoms with Crippen LogP contribution in [0.15, 0.2) is 30.3 Å². The minimum atomic E-state index is -1.33. The molecule has 0 saturated carbocycles. The molecule has 0 spiro atoms. The number of nitrogens with zero attached hydrogens (tertiary/aromatic N) is 6. The number of halogens is 1. The maximum atomic E-state index is 14.1. The highest BCUT2D eigenvalue weighted by Gasteiger charge is 2.32. The van der Waals surface area contributed by atoms with Gasteiger partial charge in [0.1, 0.15) is 22.6 Å². The Bertz CT molecular complexity index is 1390. The van der Waals surface area contributed by atoms with Gasteiger partial charge >= 0.3 is 0 Å². The molecular weight excluding hydrogens is 538 g/mol. The number of hydrogen-bond donors (Lipinski definition) is 1. The second kappa shape index (κ2) is 11.3. The zero-order valence-corrected chi connectivity index (χ0v) is 23.7. The summed E-state index contributed by atoms with van der Waals surface area (Å²) in [5.74, 6) is 1.84. The third kappa shape index (κ3) is 5.44.